The molecule has 4 rings (SSSR count). The number of rotatable bonds is 12. The summed E-state index contributed by atoms with van der Waals surface area (Å²) in [7, 11) is 0. The zero-order valence-corrected chi connectivity index (χ0v) is 22.1. The predicted octanol–water partition coefficient (Wildman–Crippen LogP) is 4.32. The fourth-order valence-corrected chi connectivity index (χ4v) is 5.20. The quantitative estimate of drug-likeness (QED) is 0.237. The highest BCUT2D eigenvalue weighted by Crippen LogP contribution is 2.35. The summed E-state index contributed by atoms with van der Waals surface area (Å²) in [5.41, 5.74) is 3.25. The van der Waals surface area contributed by atoms with Crippen LogP contribution < -0.4 is 16.3 Å². The second-order valence-corrected chi connectivity index (χ2v) is 10.1. The SMILES string of the molecule is CC[C@H](NC(=O)CCc1c(C)c2cc3c4c(oc3cc2oc1=O)CCCC4)C(=O)NCCCCCC(=O)O. The van der Waals surface area contributed by atoms with E-state index in [1.807, 2.05) is 19.9 Å². The molecule has 2 aromatic heterocycles. The molecule has 0 saturated carbocycles. The number of hydrogen-bond donors (Lipinski definition) is 3. The Labute approximate surface area is 220 Å². The highest BCUT2D eigenvalue weighted by atomic mass is 16.4. The highest BCUT2D eigenvalue weighted by Gasteiger charge is 2.22. The average Bonchev–Trinajstić information content (AvgIpc) is 3.25. The van der Waals surface area contributed by atoms with Gasteiger partial charge in [0, 0.05) is 53.8 Å². The molecular weight excluding hydrogens is 488 g/mol. The maximum Gasteiger partial charge on any atom is 0.339 e. The Balaban J connectivity index is 1.37. The second kappa shape index (κ2) is 12.3. The zero-order chi connectivity index (χ0) is 27.2. The number of carbonyl (C=O) groups is 3. The van der Waals surface area contributed by atoms with Crippen molar-refractivity contribution in [2.75, 3.05) is 6.54 Å². The first-order valence-corrected chi connectivity index (χ1v) is 13.6. The van der Waals surface area contributed by atoms with Crippen LogP contribution in [0.1, 0.15) is 80.7 Å². The van der Waals surface area contributed by atoms with E-state index in [1.165, 1.54) is 5.56 Å². The molecule has 1 aromatic carbocycles. The molecule has 1 aliphatic carbocycles. The molecule has 0 bridgehead atoms. The third-order valence-electron chi connectivity index (χ3n) is 7.39. The second-order valence-electron chi connectivity index (χ2n) is 10.1. The van der Waals surface area contributed by atoms with Crippen LogP contribution in [0.3, 0.4) is 0 Å². The summed E-state index contributed by atoms with van der Waals surface area (Å²) in [4.78, 5) is 48.5. The van der Waals surface area contributed by atoms with E-state index in [0.717, 1.165) is 53.4 Å². The Bertz CT molecular complexity index is 1400. The number of aliphatic carboxylic acids is 1. The fourth-order valence-electron chi connectivity index (χ4n) is 5.20. The van der Waals surface area contributed by atoms with Crippen molar-refractivity contribution in [1.29, 1.82) is 0 Å². The number of unbranched alkanes of at least 4 members (excludes halogenated alkanes) is 2. The first kappa shape index (κ1) is 27.4. The molecule has 0 aliphatic heterocycles. The van der Waals surface area contributed by atoms with Gasteiger partial charge in [-0.3, -0.25) is 14.4 Å². The fraction of sp³-hybridized carbons (Fsp3) is 0.517. The molecule has 2 heterocycles. The Hall–Kier alpha value is -3.62. The largest absolute Gasteiger partial charge is 0.481 e. The van der Waals surface area contributed by atoms with Gasteiger partial charge < -0.3 is 24.6 Å². The average molecular weight is 525 g/mol. The number of carboxylic acid groups (broad SMARTS) is 1. The molecule has 9 nitrogen and oxygen atoms in total. The number of carbonyl (C=O) groups excluding carboxylic acids is 2. The van der Waals surface area contributed by atoms with Crippen molar-refractivity contribution in [3.8, 4) is 0 Å². The van der Waals surface area contributed by atoms with E-state index in [2.05, 4.69) is 10.6 Å². The highest BCUT2D eigenvalue weighted by molar-refractivity contribution is 5.97. The zero-order valence-electron chi connectivity index (χ0n) is 22.1. The van der Waals surface area contributed by atoms with Crippen LogP contribution in [0, 0.1) is 6.92 Å². The van der Waals surface area contributed by atoms with Crippen LogP contribution in [0.5, 0.6) is 0 Å². The van der Waals surface area contributed by atoms with Crippen molar-refractivity contribution in [2.45, 2.75) is 90.5 Å². The van der Waals surface area contributed by atoms with Gasteiger partial charge in [-0.2, -0.15) is 0 Å². The van der Waals surface area contributed by atoms with Gasteiger partial charge in [0.1, 0.15) is 23.0 Å². The summed E-state index contributed by atoms with van der Waals surface area (Å²) in [6.45, 7) is 4.12. The lowest BCUT2D eigenvalue weighted by Crippen LogP contribution is -2.46. The predicted molar refractivity (Wildman–Crippen MR) is 143 cm³/mol. The van der Waals surface area contributed by atoms with E-state index >= 15 is 0 Å². The van der Waals surface area contributed by atoms with Crippen molar-refractivity contribution >= 4 is 39.7 Å². The number of carboxylic acids is 1. The Morgan fingerprint density at radius 1 is 1.00 bits per heavy atom. The van der Waals surface area contributed by atoms with Crippen LogP contribution in [-0.4, -0.2) is 35.5 Å². The van der Waals surface area contributed by atoms with Gasteiger partial charge in [-0.25, -0.2) is 4.79 Å². The van der Waals surface area contributed by atoms with E-state index in [4.69, 9.17) is 13.9 Å². The van der Waals surface area contributed by atoms with E-state index < -0.39 is 17.6 Å². The van der Waals surface area contributed by atoms with E-state index in [0.29, 0.717) is 43.4 Å². The van der Waals surface area contributed by atoms with E-state index in [-0.39, 0.29) is 31.1 Å². The summed E-state index contributed by atoms with van der Waals surface area (Å²) in [6.07, 6.45) is 6.90. The molecule has 0 saturated heterocycles. The van der Waals surface area contributed by atoms with E-state index in [1.54, 1.807) is 6.07 Å². The third kappa shape index (κ3) is 6.26. The minimum Gasteiger partial charge on any atom is -0.481 e. The number of fused-ring (bicyclic) bond motifs is 4. The molecular formula is C29H36N2O7. The lowest BCUT2D eigenvalue weighted by Gasteiger charge is -2.17. The van der Waals surface area contributed by atoms with Gasteiger partial charge in [0.2, 0.25) is 11.8 Å². The minimum atomic E-state index is -0.826. The number of aryl methyl sites for hydroxylation is 3. The Morgan fingerprint density at radius 3 is 2.53 bits per heavy atom. The first-order valence-electron chi connectivity index (χ1n) is 13.6. The molecule has 1 aliphatic rings. The van der Waals surface area contributed by atoms with Crippen LogP contribution in [0.4, 0.5) is 0 Å². The Kier molecular flexibility index (Phi) is 8.86. The van der Waals surface area contributed by atoms with Crippen molar-refractivity contribution < 1.29 is 28.3 Å². The number of nitrogens with one attached hydrogen (secondary N) is 2. The molecule has 3 N–H and O–H groups in total. The normalized spacial score (nSPS) is 13.8. The van der Waals surface area contributed by atoms with Crippen molar-refractivity contribution in [3.63, 3.8) is 0 Å². The molecule has 0 unspecified atom stereocenters. The molecule has 0 radical (unpaired) electrons. The van der Waals surface area contributed by atoms with Gasteiger partial charge >= 0.3 is 11.6 Å². The molecule has 0 fully saturated rings. The van der Waals surface area contributed by atoms with Gasteiger partial charge in [-0.15, -0.1) is 0 Å². The van der Waals surface area contributed by atoms with Crippen LogP contribution >= 0.6 is 0 Å². The number of furan rings is 1. The summed E-state index contributed by atoms with van der Waals surface area (Å²) in [6, 6.07) is 3.17. The van der Waals surface area contributed by atoms with Gasteiger partial charge in [-0.1, -0.05) is 13.3 Å². The van der Waals surface area contributed by atoms with E-state index in [9.17, 15) is 19.2 Å². The lowest BCUT2D eigenvalue weighted by atomic mass is 9.94. The molecule has 204 valence electrons. The molecule has 2 amide bonds. The first-order chi connectivity index (χ1) is 18.3. The topological polar surface area (TPSA) is 139 Å². The summed E-state index contributed by atoms with van der Waals surface area (Å²) >= 11 is 0. The number of amides is 2. The van der Waals surface area contributed by atoms with Crippen molar-refractivity contribution in [3.05, 3.63) is 45.0 Å². The van der Waals surface area contributed by atoms with Crippen molar-refractivity contribution in [2.24, 2.45) is 0 Å². The summed E-state index contributed by atoms with van der Waals surface area (Å²) < 4.78 is 11.7. The molecule has 0 spiro atoms. The third-order valence-corrected chi connectivity index (χ3v) is 7.39. The maximum atomic E-state index is 12.8. The Morgan fingerprint density at radius 2 is 1.76 bits per heavy atom. The maximum absolute atomic E-state index is 12.8. The summed E-state index contributed by atoms with van der Waals surface area (Å²) in [5.74, 6) is -0.390. The molecule has 3 aromatic rings. The molecule has 9 heteroatoms. The number of benzene rings is 1. The van der Waals surface area contributed by atoms with Crippen LogP contribution in [0.15, 0.2) is 25.8 Å². The van der Waals surface area contributed by atoms with Gasteiger partial charge in [-0.05, 0) is 63.5 Å². The van der Waals surface area contributed by atoms with Gasteiger partial charge in [0.05, 0.1) is 0 Å². The van der Waals surface area contributed by atoms with Crippen LogP contribution in [-0.2, 0) is 33.6 Å². The van der Waals surface area contributed by atoms with Gasteiger partial charge in [0.25, 0.3) is 0 Å². The lowest BCUT2D eigenvalue weighted by molar-refractivity contribution is -0.137. The van der Waals surface area contributed by atoms with Crippen LogP contribution in [0.2, 0.25) is 0 Å². The molecule has 38 heavy (non-hydrogen) atoms. The summed E-state index contributed by atoms with van der Waals surface area (Å²) in [5, 5.41) is 16.1. The van der Waals surface area contributed by atoms with Crippen molar-refractivity contribution in [1.82, 2.24) is 10.6 Å². The monoisotopic (exact) mass is 524 g/mol. The molecule has 1 atom stereocenters. The number of hydrogen-bond acceptors (Lipinski definition) is 6. The smallest absolute Gasteiger partial charge is 0.339 e. The van der Waals surface area contributed by atoms with Gasteiger partial charge in [0.15, 0.2) is 0 Å². The standard InChI is InChI=1S/C29H36N2O7/c1-3-22(28(35)30-14-8-4-5-11-27(33)34)31-26(32)13-12-18-17(2)20-15-21-19-9-6-7-10-23(19)37-25(21)16-24(20)38-29(18)36/h15-16,22H,3-14H2,1-2H3,(H,30,35)(H,31,32)(H,33,34)/t22-/m0/s1. The van der Waals surface area contributed by atoms with Crippen LogP contribution in [0.25, 0.3) is 21.9 Å². The minimum absolute atomic E-state index is 0.0550.